The molecule has 2 aliphatic heterocycles. The van der Waals surface area contributed by atoms with E-state index < -0.39 is 5.97 Å². The molecule has 102 valence electrons. The van der Waals surface area contributed by atoms with Crippen LogP contribution in [0.5, 0.6) is 0 Å². The number of thioether (sulfide) groups is 1. The number of hydrogen-bond acceptors (Lipinski definition) is 3. The van der Waals surface area contributed by atoms with Crippen LogP contribution in [0.1, 0.15) is 20.3 Å². The molecular formula is C12H20N2O3S. The van der Waals surface area contributed by atoms with Crippen LogP contribution in [0.4, 0.5) is 4.79 Å². The normalized spacial score (nSPS) is 32.7. The number of likely N-dealkylation sites (tertiary alicyclic amines) is 1. The molecule has 3 unspecified atom stereocenters. The Labute approximate surface area is 112 Å². The number of carboxylic acid groups (broad SMARTS) is 1. The lowest BCUT2D eigenvalue weighted by Crippen LogP contribution is -2.49. The van der Waals surface area contributed by atoms with Gasteiger partial charge in [0.15, 0.2) is 0 Å². The van der Waals surface area contributed by atoms with Gasteiger partial charge in [-0.1, -0.05) is 13.8 Å². The van der Waals surface area contributed by atoms with E-state index in [1.54, 1.807) is 4.90 Å². The number of carbonyl (C=O) groups is 2. The quantitative estimate of drug-likeness (QED) is 0.782. The van der Waals surface area contributed by atoms with Crippen LogP contribution >= 0.6 is 11.8 Å². The fourth-order valence-corrected chi connectivity index (χ4v) is 3.99. The molecule has 0 radical (unpaired) electrons. The molecule has 18 heavy (non-hydrogen) atoms. The minimum Gasteiger partial charge on any atom is -0.481 e. The van der Waals surface area contributed by atoms with Gasteiger partial charge in [-0.15, -0.1) is 0 Å². The molecule has 0 bridgehead atoms. The predicted octanol–water partition coefficient (Wildman–Crippen LogP) is 1.34. The van der Waals surface area contributed by atoms with Crippen molar-refractivity contribution in [3.05, 3.63) is 0 Å². The standard InChI is InChI=1S/C12H20N2O3S/c1-8-5-14(6-9(2)18-8)12(17)13-4-3-10(7-13)11(15)16/h8-10H,3-7H2,1-2H3,(H,15,16). The number of rotatable bonds is 1. The Kier molecular flexibility index (Phi) is 4.04. The van der Waals surface area contributed by atoms with E-state index in [1.807, 2.05) is 16.7 Å². The van der Waals surface area contributed by atoms with E-state index >= 15 is 0 Å². The summed E-state index contributed by atoms with van der Waals surface area (Å²) < 4.78 is 0. The summed E-state index contributed by atoms with van der Waals surface area (Å²) >= 11 is 1.90. The molecule has 3 atom stereocenters. The van der Waals surface area contributed by atoms with Crippen molar-refractivity contribution < 1.29 is 14.7 Å². The molecule has 0 spiro atoms. The van der Waals surface area contributed by atoms with Gasteiger partial charge in [0.1, 0.15) is 0 Å². The minimum atomic E-state index is -0.791. The van der Waals surface area contributed by atoms with E-state index in [9.17, 15) is 9.59 Å². The van der Waals surface area contributed by atoms with Crippen molar-refractivity contribution in [2.45, 2.75) is 30.8 Å². The highest BCUT2D eigenvalue weighted by atomic mass is 32.2. The van der Waals surface area contributed by atoms with E-state index in [1.165, 1.54) is 0 Å². The van der Waals surface area contributed by atoms with Crippen molar-refractivity contribution in [3.63, 3.8) is 0 Å². The Morgan fingerprint density at radius 3 is 2.22 bits per heavy atom. The smallest absolute Gasteiger partial charge is 0.320 e. The van der Waals surface area contributed by atoms with Crippen molar-refractivity contribution in [2.24, 2.45) is 5.92 Å². The summed E-state index contributed by atoms with van der Waals surface area (Å²) in [4.78, 5) is 26.8. The summed E-state index contributed by atoms with van der Waals surface area (Å²) in [7, 11) is 0. The second-order valence-electron chi connectivity index (χ2n) is 5.21. The lowest BCUT2D eigenvalue weighted by Gasteiger charge is -2.36. The van der Waals surface area contributed by atoms with Crippen molar-refractivity contribution in [3.8, 4) is 0 Å². The van der Waals surface area contributed by atoms with Gasteiger partial charge >= 0.3 is 12.0 Å². The van der Waals surface area contributed by atoms with Gasteiger partial charge in [0, 0.05) is 36.7 Å². The number of amides is 2. The molecule has 0 aliphatic carbocycles. The maximum Gasteiger partial charge on any atom is 0.320 e. The Hall–Kier alpha value is -0.910. The monoisotopic (exact) mass is 272 g/mol. The predicted molar refractivity (Wildman–Crippen MR) is 70.8 cm³/mol. The summed E-state index contributed by atoms with van der Waals surface area (Å²) in [5.41, 5.74) is 0. The van der Waals surface area contributed by atoms with Crippen LogP contribution in [0.2, 0.25) is 0 Å². The lowest BCUT2D eigenvalue weighted by atomic mass is 10.1. The van der Waals surface area contributed by atoms with Crippen LogP contribution in [-0.4, -0.2) is 63.6 Å². The third kappa shape index (κ3) is 2.91. The first-order valence-corrected chi connectivity index (χ1v) is 7.33. The zero-order chi connectivity index (χ0) is 13.3. The molecule has 2 fully saturated rings. The fraction of sp³-hybridized carbons (Fsp3) is 0.833. The maximum atomic E-state index is 12.3. The van der Waals surface area contributed by atoms with Crippen LogP contribution in [-0.2, 0) is 4.79 Å². The number of urea groups is 1. The zero-order valence-corrected chi connectivity index (χ0v) is 11.7. The fourth-order valence-electron chi connectivity index (χ4n) is 2.67. The zero-order valence-electron chi connectivity index (χ0n) is 10.8. The molecule has 1 N–H and O–H groups in total. The Bertz CT molecular complexity index is 340. The third-order valence-corrected chi connectivity index (χ3v) is 4.73. The van der Waals surface area contributed by atoms with Gasteiger partial charge in [0.25, 0.3) is 0 Å². The SMILES string of the molecule is CC1CN(C(=O)N2CCC(C(=O)O)C2)CC(C)S1. The summed E-state index contributed by atoms with van der Waals surface area (Å²) in [5.74, 6) is -1.18. The molecule has 0 aromatic rings. The van der Waals surface area contributed by atoms with E-state index in [-0.39, 0.29) is 11.9 Å². The van der Waals surface area contributed by atoms with Crippen LogP contribution in [0, 0.1) is 5.92 Å². The molecule has 2 saturated heterocycles. The highest BCUT2D eigenvalue weighted by molar-refractivity contribution is 8.00. The number of nitrogens with zero attached hydrogens (tertiary/aromatic N) is 2. The third-order valence-electron chi connectivity index (χ3n) is 3.50. The lowest BCUT2D eigenvalue weighted by molar-refractivity contribution is -0.141. The largest absolute Gasteiger partial charge is 0.481 e. The van der Waals surface area contributed by atoms with Crippen molar-refractivity contribution in [1.82, 2.24) is 9.80 Å². The molecule has 2 amide bonds. The van der Waals surface area contributed by atoms with Crippen molar-refractivity contribution >= 4 is 23.8 Å². The van der Waals surface area contributed by atoms with Crippen molar-refractivity contribution in [2.75, 3.05) is 26.2 Å². The highest BCUT2D eigenvalue weighted by Gasteiger charge is 2.35. The molecule has 2 heterocycles. The van der Waals surface area contributed by atoms with E-state index in [0.717, 1.165) is 13.1 Å². The second-order valence-corrected chi connectivity index (χ2v) is 7.10. The van der Waals surface area contributed by atoms with E-state index in [0.29, 0.717) is 30.0 Å². The van der Waals surface area contributed by atoms with E-state index in [2.05, 4.69) is 13.8 Å². The molecule has 2 rings (SSSR count). The molecule has 5 nitrogen and oxygen atoms in total. The number of hydrogen-bond donors (Lipinski definition) is 1. The summed E-state index contributed by atoms with van der Waals surface area (Å²) in [6.07, 6.45) is 0.578. The van der Waals surface area contributed by atoms with E-state index in [4.69, 9.17) is 5.11 Å². The Morgan fingerprint density at radius 2 is 1.72 bits per heavy atom. The van der Waals surface area contributed by atoms with Crippen molar-refractivity contribution in [1.29, 1.82) is 0 Å². The van der Waals surface area contributed by atoms with Gasteiger partial charge in [-0.2, -0.15) is 11.8 Å². The van der Waals surface area contributed by atoms with Crippen LogP contribution in [0.25, 0.3) is 0 Å². The van der Waals surface area contributed by atoms with Gasteiger partial charge in [0.2, 0.25) is 0 Å². The van der Waals surface area contributed by atoms with Gasteiger partial charge < -0.3 is 14.9 Å². The molecule has 0 aromatic carbocycles. The molecule has 6 heteroatoms. The summed E-state index contributed by atoms with van der Waals surface area (Å²) in [5, 5.41) is 9.86. The summed E-state index contributed by atoms with van der Waals surface area (Å²) in [6, 6.07) is 0.0118. The number of carboxylic acids is 1. The maximum absolute atomic E-state index is 12.3. The average molecular weight is 272 g/mol. The average Bonchev–Trinajstić information content (AvgIpc) is 2.75. The Morgan fingerprint density at radius 1 is 1.11 bits per heavy atom. The molecule has 2 aliphatic rings. The van der Waals surface area contributed by atoms with Crippen LogP contribution in [0.3, 0.4) is 0 Å². The first-order chi connectivity index (χ1) is 8.47. The topological polar surface area (TPSA) is 60.9 Å². The first kappa shape index (κ1) is 13.5. The van der Waals surface area contributed by atoms with Gasteiger partial charge in [-0.05, 0) is 6.42 Å². The van der Waals surface area contributed by atoms with Gasteiger partial charge in [-0.3, -0.25) is 4.79 Å². The summed E-state index contributed by atoms with van der Waals surface area (Å²) in [6.45, 7) is 6.72. The molecule has 0 saturated carbocycles. The van der Waals surface area contributed by atoms with Crippen LogP contribution in [0.15, 0.2) is 0 Å². The minimum absolute atomic E-state index is 0.0118. The van der Waals surface area contributed by atoms with Crippen LogP contribution < -0.4 is 0 Å². The highest BCUT2D eigenvalue weighted by Crippen LogP contribution is 2.26. The molecular weight excluding hydrogens is 252 g/mol. The number of aliphatic carboxylic acids is 1. The first-order valence-electron chi connectivity index (χ1n) is 6.39. The second kappa shape index (κ2) is 5.38. The Balaban J connectivity index is 1.93. The van der Waals surface area contributed by atoms with Gasteiger partial charge in [0.05, 0.1) is 5.92 Å². The number of carbonyl (C=O) groups excluding carboxylic acids is 1. The van der Waals surface area contributed by atoms with Gasteiger partial charge in [-0.25, -0.2) is 4.79 Å². The molecule has 0 aromatic heterocycles.